The molecule has 0 bridgehead atoms. The number of rotatable bonds is 9. The Morgan fingerprint density at radius 3 is 2.07 bits per heavy atom. The van der Waals surface area contributed by atoms with Crippen molar-refractivity contribution < 1.29 is 18.0 Å². The highest BCUT2D eigenvalue weighted by Gasteiger charge is 2.34. The lowest BCUT2D eigenvalue weighted by atomic mass is 10.1. The van der Waals surface area contributed by atoms with Gasteiger partial charge in [0.05, 0.1) is 25.7 Å². The predicted molar refractivity (Wildman–Crippen MR) is 167 cm³/mol. The molecule has 0 aromatic heterocycles. The number of halogens is 4. The maximum Gasteiger partial charge on any atom is 0.264 e. The van der Waals surface area contributed by atoms with E-state index in [4.69, 9.17) is 46.4 Å². The van der Waals surface area contributed by atoms with Gasteiger partial charge in [-0.15, -0.1) is 0 Å². The Bertz CT molecular complexity index is 1540. The van der Waals surface area contributed by atoms with E-state index in [2.05, 4.69) is 5.32 Å². The Hall–Kier alpha value is -2.49. The highest BCUT2D eigenvalue weighted by molar-refractivity contribution is 7.92. The maximum atomic E-state index is 14.0. The van der Waals surface area contributed by atoms with E-state index >= 15 is 0 Å². The van der Waals surface area contributed by atoms with Crippen LogP contribution in [0.5, 0.6) is 0 Å². The number of hydrogen-bond donors (Lipinski definition) is 1. The third-order valence-corrected chi connectivity index (χ3v) is 9.13. The lowest BCUT2D eigenvalue weighted by Gasteiger charge is -2.33. The topological polar surface area (TPSA) is 86.8 Å². The van der Waals surface area contributed by atoms with Gasteiger partial charge in [-0.3, -0.25) is 13.9 Å². The van der Waals surface area contributed by atoms with Crippen LogP contribution >= 0.6 is 46.4 Å². The smallest absolute Gasteiger partial charge is 0.264 e. The first kappa shape index (κ1) is 33.0. The molecule has 1 atom stereocenters. The summed E-state index contributed by atoms with van der Waals surface area (Å²) in [7, 11) is -4.30. The Labute approximate surface area is 261 Å². The van der Waals surface area contributed by atoms with Crippen LogP contribution in [0.4, 0.5) is 5.69 Å². The minimum atomic E-state index is -4.30. The van der Waals surface area contributed by atoms with Crippen LogP contribution in [-0.4, -0.2) is 43.3 Å². The first-order valence-electron chi connectivity index (χ1n) is 12.6. The van der Waals surface area contributed by atoms with Gasteiger partial charge < -0.3 is 10.2 Å². The van der Waals surface area contributed by atoms with Gasteiger partial charge in [-0.05, 0) is 82.6 Å². The molecule has 12 heteroatoms. The molecular formula is C29H31Cl4N3O4S. The van der Waals surface area contributed by atoms with Crippen LogP contribution in [0, 0.1) is 6.92 Å². The second-order valence-corrected chi connectivity index (χ2v) is 14.1. The van der Waals surface area contributed by atoms with E-state index in [1.54, 1.807) is 37.3 Å². The SMILES string of the molecule is Cc1ccc(S(=O)(=O)N(CC(=O)N(Cc2ccc(Cl)c(Cl)c2)[C@@H](C)C(=O)NC(C)(C)C)c2cc(Cl)ccc2Cl)cc1. The van der Waals surface area contributed by atoms with Crippen LogP contribution in [0.15, 0.2) is 65.6 Å². The summed E-state index contributed by atoms with van der Waals surface area (Å²) in [5.41, 5.74) is 0.906. The molecule has 7 nitrogen and oxygen atoms in total. The third kappa shape index (κ3) is 8.52. The molecule has 0 aliphatic rings. The molecule has 220 valence electrons. The standard InChI is InChI=1S/C29H31Cl4N3O4S/c1-18-6-10-22(11-7-18)41(39,40)36(26-15-21(30)9-13-24(26)32)17-27(37)35(19(2)28(38)34-29(3,4)5)16-20-8-12-23(31)25(33)14-20/h6-15,19H,16-17H2,1-5H3,(H,34,38)/t19-/m0/s1. The first-order chi connectivity index (χ1) is 19.0. The summed E-state index contributed by atoms with van der Waals surface area (Å²) >= 11 is 24.9. The van der Waals surface area contributed by atoms with E-state index in [9.17, 15) is 18.0 Å². The molecule has 0 aliphatic heterocycles. The fourth-order valence-corrected chi connectivity index (χ4v) is 6.10. The Balaban J connectivity index is 2.09. The zero-order valence-corrected chi connectivity index (χ0v) is 27.1. The van der Waals surface area contributed by atoms with Gasteiger partial charge in [-0.1, -0.05) is 70.2 Å². The van der Waals surface area contributed by atoms with Gasteiger partial charge in [-0.25, -0.2) is 8.42 Å². The van der Waals surface area contributed by atoms with Crippen molar-refractivity contribution in [2.75, 3.05) is 10.8 Å². The van der Waals surface area contributed by atoms with Crippen LogP contribution in [0.3, 0.4) is 0 Å². The number of sulfonamides is 1. The van der Waals surface area contributed by atoms with Gasteiger partial charge in [0.1, 0.15) is 12.6 Å². The van der Waals surface area contributed by atoms with E-state index in [0.29, 0.717) is 10.6 Å². The van der Waals surface area contributed by atoms with E-state index in [1.807, 2.05) is 27.7 Å². The zero-order valence-electron chi connectivity index (χ0n) is 23.2. The minimum absolute atomic E-state index is 0.0226. The Morgan fingerprint density at radius 2 is 1.49 bits per heavy atom. The second kappa shape index (κ2) is 13.2. The molecule has 0 saturated heterocycles. The van der Waals surface area contributed by atoms with Gasteiger partial charge in [0.25, 0.3) is 10.0 Å². The summed E-state index contributed by atoms with van der Waals surface area (Å²) in [4.78, 5) is 28.5. The van der Waals surface area contributed by atoms with Crippen LogP contribution in [0.2, 0.25) is 20.1 Å². The van der Waals surface area contributed by atoms with Crippen LogP contribution in [0.25, 0.3) is 0 Å². The van der Waals surface area contributed by atoms with Gasteiger partial charge >= 0.3 is 0 Å². The molecule has 0 radical (unpaired) electrons. The van der Waals surface area contributed by atoms with Crippen LogP contribution < -0.4 is 9.62 Å². The predicted octanol–water partition coefficient (Wildman–Crippen LogP) is 7.14. The van der Waals surface area contributed by atoms with Gasteiger partial charge in [0, 0.05) is 17.1 Å². The highest BCUT2D eigenvalue weighted by atomic mass is 35.5. The Morgan fingerprint density at radius 1 is 0.878 bits per heavy atom. The average Bonchev–Trinajstić information content (AvgIpc) is 2.88. The number of anilines is 1. The number of nitrogens with zero attached hydrogens (tertiary/aromatic N) is 2. The first-order valence-corrected chi connectivity index (χ1v) is 15.5. The fourth-order valence-electron chi connectivity index (χ4n) is 3.92. The zero-order chi connectivity index (χ0) is 30.7. The molecule has 1 N–H and O–H groups in total. The molecule has 0 fully saturated rings. The van der Waals surface area contributed by atoms with Crippen molar-refractivity contribution in [3.8, 4) is 0 Å². The van der Waals surface area contributed by atoms with Crippen molar-refractivity contribution in [1.29, 1.82) is 0 Å². The molecule has 0 unspecified atom stereocenters. The summed E-state index contributed by atoms with van der Waals surface area (Å²) in [6.07, 6.45) is 0. The van der Waals surface area contributed by atoms with Gasteiger partial charge in [-0.2, -0.15) is 0 Å². The molecule has 0 spiro atoms. The van der Waals surface area contributed by atoms with Crippen molar-refractivity contribution in [2.24, 2.45) is 0 Å². The number of hydrogen-bond acceptors (Lipinski definition) is 4. The lowest BCUT2D eigenvalue weighted by molar-refractivity contribution is -0.140. The molecule has 3 aromatic carbocycles. The number of aryl methyl sites for hydroxylation is 1. The molecule has 3 rings (SSSR count). The number of amides is 2. The van der Waals surface area contributed by atoms with E-state index < -0.39 is 40.0 Å². The summed E-state index contributed by atoms with van der Waals surface area (Å²) in [5, 5.41) is 3.78. The largest absolute Gasteiger partial charge is 0.350 e. The summed E-state index contributed by atoms with van der Waals surface area (Å²) in [6.45, 7) is 8.15. The highest BCUT2D eigenvalue weighted by Crippen LogP contribution is 2.33. The molecular weight excluding hydrogens is 628 g/mol. The monoisotopic (exact) mass is 657 g/mol. The van der Waals surface area contributed by atoms with Crippen molar-refractivity contribution in [1.82, 2.24) is 10.2 Å². The average molecular weight is 659 g/mol. The van der Waals surface area contributed by atoms with Crippen molar-refractivity contribution >= 4 is 73.9 Å². The second-order valence-electron chi connectivity index (χ2n) is 10.6. The number of nitrogens with one attached hydrogen (secondary N) is 1. The summed E-state index contributed by atoms with van der Waals surface area (Å²) in [6, 6.07) is 14.4. The molecule has 41 heavy (non-hydrogen) atoms. The number of benzene rings is 3. The van der Waals surface area contributed by atoms with Gasteiger partial charge in [0.2, 0.25) is 11.8 Å². The fraction of sp³-hybridized carbons (Fsp3) is 0.310. The molecule has 2 amide bonds. The number of carbonyl (C=O) groups excluding carboxylic acids is 2. The van der Waals surface area contributed by atoms with Crippen LogP contribution in [-0.2, 0) is 26.2 Å². The van der Waals surface area contributed by atoms with E-state index in [1.165, 1.54) is 35.2 Å². The minimum Gasteiger partial charge on any atom is -0.350 e. The van der Waals surface area contributed by atoms with Crippen molar-refractivity contribution in [3.05, 3.63) is 91.9 Å². The van der Waals surface area contributed by atoms with Gasteiger partial charge in [0.15, 0.2) is 0 Å². The molecule has 0 heterocycles. The Kier molecular flexibility index (Phi) is 10.6. The number of carbonyl (C=O) groups is 2. The molecule has 3 aromatic rings. The molecule has 0 aliphatic carbocycles. The third-order valence-electron chi connectivity index (χ3n) is 6.07. The quantitative estimate of drug-likeness (QED) is 0.265. The normalized spacial score (nSPS) is 12.5. The van der Waals surface area contributed by atoms with E-state index in [0.717, 1.165) is 9.87 Å². The summed E-state index contributed by atoms with van der Waals surface area (Å²) < 4.78 is 28.8. The van der Waals surface area contributed by atoms with E-state index in [-0.39, 0.29) is 32.2 Å². The van der Waals surface area contributed by atoms with Crippen LogP contribution in [0.1, 0.15) is 38.8 Å². The van der Waals surface area contributed by atoms with Crippen molar-refractivity contribution in [3.63, 3.8) is 0 Å². The summed E-state index contributed by atoms with van der Waals surface area (Å²) in [5.74, 6) is -1.07. The lowest BCUT2D eigenvalue weighted by Crippen LogP contribution is -2.54. The van der Waals surface area contributed by atoms with Crippen molar-refractivity contribution in [2.45, 2.75) is 57.6 Å². The maximum absolute atomic E-state index is 14.0. The molecule has 0 saturated carbocycles.